The highest BCUT2D eigenvalue weighted by atomic mass is 16.6. The van der Waals surface area contributed by atoms with Crippen LogP contribution in [0.2, 0.25) is 0 Å². The summed E-state index contributed by atoms with van der Waals surface area (Å²) >= 11 is 0. The summed E-state index contributed by atoms with van der Waals surface area (Å²) in [4.78, 5) is 21.7. The second kappa shape index (κ2) is 7.74. The number of nitrogens with zero attached hydrogens (tertiary/aromatic N) is 3. The largest absolute Gasteiger partial charge is 0.497 e. The number of benzene rings is 1. The van der Waals surface area contributed by atoms with Gasteiger partial charge in [0, 0.05) is 12.6 Å². The van der Waals surface area contributed by atoms with Gasteiger partial charge in [0.05, 0.1) is 18.6 Å². The molecule has 0 radical (unpaired) electrons. The molecule has 0 fully saturated rings. The van der Waals surface area contributed by atoms with Crippen molar-refractivity contribution in [2.24, 2.45) is 0 Å². The summed E-state index contributed by atoms with van der Waals surface area (Å²) in [6, 6.07) is 7.29. The van der Waals surface area contributed by atoms with Gasteiger partial charge in [0.1, 0.15) is 18.1 Å². The normalized spacial score (nSPS) is 10.7. The number of carbonyl (C=O) groups is 1. The van der Waals surface area contributed by atoms with Crippen LogP contribution < -0.4 is 10.1 Å². The predicted molar refractivity (Wildman–Crippen MR) is 83.9 cm³/mol. The summed E-state index contributed by atoms with van der Waals surface area (Å²) in [6.45, 7) is 0.681. The third-order valence-electron chi connectivity index (χ3n) is 3.01. The Balaban J connectivity index is 1.77. The van der Waals surface area contributed by atoms with Gasteiger partial charge in [-0.25, -0.2) is 0 Å². The van der Waals surface area contributed by atoms with Crippen molar-refractivity contribution >= 4 is 17.7 Å². The van der Waals surface area contributed by atoms with Crippen molar-refractivity contribution in [2.75, 3.05) is 13.7 Å². The Morgan fingerprint density at radius 3 is 2.78 bits per heavy atom. The number of hydrogen-bond donors (Lipinski definition) is 1. The first-order valence-corrected chi connectivity index (χ1v) is 6.85. The van der Waals surface area contributed by atoms with Crippen molar-refractivity contribution in [3.63, 3.8) is 0 Å². The summed E-state index contributed by atoms with van der Waals surface area (Å²) in [7, 11) is 1.59. The van der Waals surface area contributed by atoms with E-state index in [0.717, 1.165) is 11.3 Å². The third-order valence-corrected chi connectivity index (χ3v) is 3.01. The van der Waals surface area contributed by atoms with Crippen LogP contribution in [0.4, 0.5) is 5.69 Å². The second-order valence-electron chi connectivity index (χ2n) is 4.62. The van der Waals surface area contributed by atoms with Gasteiger partial charge >= 0.3 is 5.69 Å². The molecule has 2 aromatic rings. The molecule has 0 aliphatic carbocycles. The highest BCUT2D eigenvalue weighted by molar-refractivity contribution is 5.91. The van der Waals surface area contributed by atoms with Gasteiger partial charge in [0.15, 0.2) is 0 Å². The van der Waals surface area contributed by atoms with E-state index in [9.17, 15) is 14.9 Å². The van der Waals surface area contributed by atoms with Crippen molar-refractivity contribution < 1.29 is 14.5 Å². The minimum absolute atomic E-state index is 0.0734. The molecule has 120 valence electrons. The first-order chi connectivity index (χ1) is 11.1. The van der Waals surface area contributed by atoms with Gasteiger partial charge in [-0.3, -0.25) is 19.6 Å². The molecule has 1 N–H and O–H groups in total. The zero-order valence-corrected chi connectivity index (χ0v) is 12.5. The number of methoxy groups -OCH3 is 1. The standard InChI is InChI=1S/C15H16N4O4/c1-23-14-5-2-12(3-6-14)4-7-15(20)16-8-9-18-11-13(10-17-18)19(21)22/h2-7,10-11H,8-9H2,1H3,(H,16,20)/b7-4+. The first-order valence-electron chi connectivity index (χ1n) is 6.85. The molecule has 0 atom stereocenters. The van der Waals surface area contributed by atoms with E-state index in [-0.39, 0.29) is 11.6 Å². The number of nitro groups is 1. The van der Waals surface area contributed by atoms with E-state index in [4.69, 9.17) is 4.74 Å². The fourth-order valence-corrected chi connectivity index (χ4v) is 1.81. The van der Waals surface area contributed by atoms with Crippen LogP contribution in [0.5, 0.6) is 5.75 Å². The number of carbonyl (C=O) groups excluding carboxylic acids is 1. The number of ether oxygens (including phenoxy) is 1. The Kier molecular flexibility index (Phi) is 5.45. The number of nitrogens with one attached hydrogen (secondary N) is 1. The third kappa shape index (κ3) is 4.95. The molecular weight excluding hydrogens is 300 g/mol. The van der Waals surface area contributed by atoms with Gasteiger partial charge in [-0.1, -0.05) is 12.1 Å². The molecule has 1 aromatic heterocycles. The summed E-state index contributed by atoms with van der Waals surface area (Å²) in [5.41, 5.74) is 0.805. The molecular formula is C15H16N4O4. The van der Waals surface area contributed by atoms with E-state index in [1.807, 2.05) is 24.3 Å². The fourth-order valence-electron chi connectivity index (χ4n) is 1.81. The lowest BCUT2D eigenvalue weighted by atomic mass is 10.2. The lowest BCUT2D eigenvalue weighted by Crippen LogP contribution is -2.25. The van der Waals surface area contributed by atoms with Crippen molar-refractivity contribution in [3.05, 3.63) is 58.4 Å². The molecule has 0 unspecified atom stereocenters. The average Bonchev–Trinajstić information content (AvgIpc) is 3.02. The average molecular weight is 316 g/mol. The molecule has 0 aliphatic rings. The van der Waals surface area contributed by atoms with Gasteiger partial charge < -0.3 is 10.1 Å². The fraction of sp³-hybridized carbons (Fsp3) is 0.200. The van der Waals surface area contributed by atoms with E-state index < -0.39 is 4.92 Å². The van der Waals surface area contributed by atoms with E-state index >= 15 is 0 Å². The van der Waals surface area contributed by atoms with Crippen molar-refractivity contribution in [3.8, 4) is 5.75 Å². The summed E-state index contributed by atoms with van der Waals surface area (Å²) < 4.78 is 6.46. The van der Waals surface area contributed by atoms with E-state index in [2.05, 4.69) is 10.4 Å². The van der Waals surface area contributed by atoms with Crippen LogP contribution in [0, 0.1) is 10.1 Å². The predicted octanol–water partition coefficient (Wildman–Crippen LogP) is 1.63. The number of aromatic nitrogens is 2. The van der Waals surface area contributed by atoms with Crippen LogP contribution in [0.25, 0.3) is 6.08 Å². The van der Waals surface area contributed by atoms with Crippen LogP contribution >= 0.6 is 0 Å². The smallest absolute Gasteiger partial charge is 0.306 e. The Bertz CT molecular complexity index is 707. The maximum atomic E-state index is 11.7. The minimum atomic E-state index is -0.514. The van der Waals surface area contributed by atoms with E-state index in [1.54, 1.807) is 13.2 Å². The SMILES string of the molecule is COc1ccc(/C=C/C(=O)NCCn2cc([N+](=O)[O-])cn2)cc1. The Morgan fingerprint density at radius 2 is 2.17 bits per heavy atom. The molecule has 23 heavy (non-hydrogen) atoms. The molecule has 8 nitrogen and oxygen atoms in total. The van der Waals surface area contributed by atoms with Crippen LogP contribution in [-0.4, -0.2) is 34.3 Å². The quantitative estimate of drug-likeness (QED) is 0.475. The minimum Gasteiger partial charge on any atom is -0.497 e. The number of hydrogen-bond acceptors (Lipinski definition) is 5. The Morgan fingerprint density at radius 1 is 1.43 bits per heavy atom. The van der Waals surface area contributed by atoms with E-state index in [0.29, 0.717) is 13.1 Å². The maximum Gasteiger partial charge on any atom is 0.306 e. The summed E-state index contributed by atoms with van der Waals surface area (Å²) in [6.07, 6.45) is 5.60. The molecule has 8 heteroatoms. The molecule has 0 spiro atoms. The summed E-state index contributed by atoms with van der Waals surface area (Å²) in [5.74, 6) is 0.502. The number of amides is 1. The lowest BCUT2D eigenvalue weighted by molar-refractivity contribution is -0.385. The lowest BCUT2D eigenvalue weighted by Gasteiger charge is -2.02. The highest BCUT2D eigenvalue weighted by Crippen LogP contribution is 2.12. The van der Waals surface area contributed by atoms with Crippen LogP contribution in [-0.2, 0) is 11.3 Å². The van der Waals surface area contributed by atoms with E-state index in [1.165, 1.54) is 23.2 Å². The van der Waals surface area contributed by atoms with Crippen molar-refractivity contribution in [2.45, 2.75) is 6.54 Å². The molecule has 1 heterocycles. The molecule has 0 saturated carbocycles. The Labute approximate surface area is 132 Å². The first kappa shape index (κ1) is 16.2. The summed E-state index contributed by atoms with van der Waals surface area (Å²) in [5, 5.41) is 17.0. The molecule has 0 saturated heterocycles. The second-order valence-corrected chi connectivity index (χ2v) is 4.62. The van der Waals surface area contributed by atoms with Gasteiger partial charge in [-0.2, -0.15) is 5.10 Å². The molecule has 0 bridgehead atoms. The van der Waals surface area contributed by atoms with Crippen molar-refractivity contribution in [1.82, 2.24) is 15.1 Å². The maximum absolute atomic E-state index is 11.7. The zero-order chi connectivity index (χ0) is 16.7. The van der Waals surface area contributed by atoms with Gasteiger partial charge in [0.25, 0.3) is 0 Å². The monoisotopic (exact) mass is 316 g/mol. The zero-order valence-electron chi connectivity index (χ0n) is 12.5. The topological polar surface area (TPSA) is 99.3 Å². The van der Waals surface area contributed by atoms with Crippen LogP contribution in [0.15, 0.2) is 42.7 Å². The van der Waals surface area contributed by atoms with Crippen molar-refractivity contribution in [1.29, 1.82) is 0 Å². The molecule has 1 amide bonds. The van der Waals surface area contributed by atoms with Gasteiger partial charge in [-0.15, -0.1) is 0 Å². The highest BCUT2D eigenvalue weighted by Gasteiger charge is 2.08. The van der Waals surface area contributed by atoms with Crippen LogP contribution in [0.3, 0.4) is 0 Å². The van der Waals surface area contributed by atoms with Gasteiger partial charge in [0.2, 0.25) is 5.91 Å². The molecule has 2 rings (SSSR count). The Hall–Kier alpha value is -3.16. The molecule has 0 aliphatic heterocycles. The number of rotatable bonds is 7. The molecule has 1 aromatic carbocycles. The van der Waals surface area contributed by atoms with Crippen LogP contribution in [0.1, 0.15) is 5.56 Å². The van der Waals surface area contributed by atoms with Gasteiger partial charge in [-0.05, 0) is 23.8 Å².